The number of aliphatic hydroxyl groups excluding tert-OH is 1. The van der Waals surface area contributed by atoms with Crippen molar-refractivity contribution in [2.45, 2.75) is 51.0 Å². The number of carboxylic acid groups (broad SMARTS) is 1. The number of aryl methyl sites for hydroxylation is 2. The van der Waals surface area contributed by atoms with E-state index in [0.29, 0.717) is 24.3 Å². The van der Waals surface area contributed by atoms with Gasteiger partial charge < -0.3 is 14.7 Å². The number of aliphatic carboxylic acids is 1. The second-order valence-electron chi connectivity index (χ2n) is 10.00. The summed E-state index contributed by atoms with van der Waals surface area (Å²) in [6.07, 6.45) is 2.48. The number of aliphatic hydroxyl groups is 1. The van der Waals surface area contributed by atoms with E-state index < -0.39 is 17.5 Å². The lowest BCUT2D eigenvalue weighted by molar-refractivity contribution is -0.140. The van der Waals surface area contributed by atoms with Gasteiger partial charge in [0.05, 0.1) is 22.8 Å². The molecule has 1 heterocycles. The van der Waals surface area contributed by atoms with Crippen molar-refractivity contribution in [3.8, 4) is 22.5 Å². The number of carboxylic acids is 1. The highest BCUT2D eigenvalue weighted by atomic mass is 16.5. The van der Waals surface area contributed by atoms with Gasteiger partial charge in [-0.1, -0.05) is 90.9 Å². The molecule has 0 amide bonds. The number of carbonyl (C=O) groups is 1. The van der Waals surface area contributed by atoms with Gasteiger partial charge in [0.2, 0.25) is 0 Å². The monoisotopic (exact) mass is 481 g/mol. The van der Waals surface area contributed by atoms with Crippen molar-refractivity contribution in [2.24, 2.45) is 5.92 Å². The van der Waals surface area contributed by atoms with E-state index in [9.17, 15) is 15.0 Å². The van der Waals surface area contributed by atoms with Crippen LogP contribution in [0.5, 0.6) is 0 Å². The van der Waals surface area contributed by atoms with Crippen LogP contribution in [0.2, 0.25) is 0 Å². The summed E-state index contributed by atoms with van der Waals surface area (Å²) >= 11 is 0. The minimum Gasteiger partial charge on any atom is -0.481 e. The van der Waals surface area contributed by atoms with Crippen molar-refractivity contribution >= 4 is 5.97 Å². The Bertz CT molecular complexity index is 1340. The number of benzene rings is 3. The normalized spacial score (nSPS) is 15.9. The van der Waals surface area contributed by atoms with Crippen LogP contribution >= 0.6 is 0 Å². The maximum absolute atomic E-state index is 11.6. The molecule has 5 heteroatoms. The number of nitrogens with zero attached hydrogens (tertiary/aromatic N) is 1. The molecule has 0 radical (unpaired) electrons. The second kappa shape index (κ2) is 9.75. The molecule has 2 N–H and O–H groups in total. The largest absolute Gasteiger partial charge is 0.481 e. The molecule has 5 rings (SSSR count). The summed E-state index contributed by atoms with van der Waals surface area (Å²) in [6, 6.07) is 26.1. The van der Waals surface area contributed by atoms with Crippen molar-refractivity contribution in [3.63, 3.8) is 0 Å². The fraction of sp³-hybridized carbons (Fsp3) is 0.290. The van der Waals surface area contributed by atoms with Crippen LogP contribution in [0.15, 0.2) is 83.4 Å². The Labute approximate surface area is 211 Å². The molecule has 0 saturated heterocycles. The molecule has 1 fully saturated rings. The number of rotatable bonds is 9. The van der Waals surface area contributed by atoms with Crippen molar-refractivity contribution in [1.82, 2.24) is 5.16 Å². The zero-order valence-electron chi connectivity index (χ0n) is 20.6. The average Bonchev–Trinajstić information content (AvgIpc) is 3.64. The Morgan fingerprint density at radius 3 is 2.11 bits per heavy atom. The van der Waals surface area contributed by atoms with E-state index in [1.807, 2.05) is 73.7 Å². The first-order chi connectivity index (χ1) is 17.4. The molecule has 1 aromatic heterocycles. The van der Waals surface area contributed by atoms with E-state index >= 15 is 0 Å². The lowest BCUT2D eigenvalue weighted by atomic mass is 9.89. The predicted molar refractivity (Wildman–Crippen MR) is 140 cm³/mol. The zero-order valence-corrected chi connectivity index (χ0v) is 20.6. The molecule has 1 aliphatic rings. The number of hydrogen-bond acceptors (Lipinski definition) is 4. The smallest absolute Gasteiger partial charge is 0.314 e. The molecule has 36 heavy (non-hydrogen) atoms. The summed E-state index contributed by atoms with van der Waals surface area (Å²) in [5.41, 5.74) is 5.80. The Morgan fingerprint density at radius 2 is 1.53 bits per heavy atom. The Hall–Kier alpha value is -3.70. The molecule has 0 bridgehead atoms. The highest BCUT2D eigenvalue weighted by Gasteiger charge is 2.51. The van der Waals surface area contributed by atoms with Crippen LogP contribution in [0.3, 0.4) is 0 Å². The van der Waals surface area contributed by atoms with Crippen LogP contribution in [0.25, 0.3) is 22.5 Å². The zero-order chi connectivity index (χ0) is 25.3. The maximum atomic E-state index is 11.6. The van der Waals surface area contributed by atoms with Crippen LogP contribution < -0.4 is 0 Å². The van der Waals surface area contributed by atoms with Crippen molar-refractivity contribution in [3.05, 3.63) is 101 Å². The fourth-order valence-corrected chi connectivity index (χ4v) is 4.96. The number of aromatic nitrogens is 1. The highest BCUT2D eigenvalue weighted by Crippen LogP contribution is 2.48. The van der Waals surface area contributed by atoms with Gasteiger partial charge in [0.25, 0.3) is 0 Å². The first-order valence-electron chi connectivity index (χ1n) is 12.5. The van der Waals surface area contributed by atoms with Gasteiger partial charge in [-0.15, -0.1) is 0 Å². The van der Waals surface area contributed by atoms with Crippen LogP contribution in [-0.4, -0.2) is 21.3 Å². The minimum atomic E-state index is -0.741. The molecule has 184 valence electrons. The summed E-state index contributed by atoms with van der Waals surface area (Å²) in [5.74, 6) is -0.0969. The third-order valence-electron chi connectivity index (χ3n) is 7.55. The highest BCUT2D eigenvalue weighted by molar-refractivity contribution is 5.85. The van der Waals surface area contributed by atoms with Gasteiger partial charge >= 0.3 is 5.97 Å². The summed E-state index contributed by atoms with van der Waals surface area (Å²) in [5, 5.41) is 24.9. The molecule has 0 aliphatic heterocycles. The van der Waals surface area contributed by atoms with E-state index in [1.54, 1.807) is 0 Å². The topological polar surface area (TPSA) is 83.6 Å². The average molecular weight is 482 g/mol. The molecule has 1 saturated carbocycles. The Morgan fingerprint density at radius 1 is 0.944 bits per heavy atom. The van der Waals surface area contributed by atoms with Crippen molar-refractivity contribution in [1.29, 1.82) is 0 Å². The third-order valence-corrected chi connectivity index (χ3v) is 7.55. The molecule has 0 spiro atoms. The van der Waals surface area contributed by atoms with Gasteiger partial charge in [-0.3, -0.25) is 4.79 Å². The van der Waals surface area contributed by atoms with Crippen LogP contribution in [0.1, 0.15) is 54.7 Å². The fourth-order valence-electron chi connectivity index (χ4n) is 4.96. The van der Waals surface area contributed by atoms with E-state index in [0.717, 1.165) is 40.7 Å². The van der Waals surface area contributed by atoms with E-state index in [-0.39, 0.29) is 5.92 Å². The van der Waals surface area contributed by atoms with Crippen LogP contribution in [-0.2, 0) is 16.6 Å². The molecule has 5 nitrogen and oxygen atoms in total. The van der Waals surface area contributed by atoms with Gasteiger partial charge in [-0.2, -0.15) is 0 Å². The quantitative estimate of drug-likeness (QED) is 0.277. The summed E-state index contributed by atoms with van der Waals surface area (Å²) in [7, 11) is 0. The van der Waals surface area contributed by atoms with Crippen LogP contribution in [0.4, 0.5) is 0 Å². The first-order valence-corrected chi connectivity index (χ1v) is 12.5. The Balaban J connectivity index is 1.32. The van der Waals surface area contributed by atoms with Gasteiger partial charge in [0.1, 0.15) is 0 Å². The third kappa shape index (κ3) is 4.59. The van der Waals surface area contributed by atoms with E-state index in [4.69, 9.17) is 4.52 Å². The standard InChI is InChI=1S/C31H31NO4/c1-20(8-9-22-6-4-3-5-7-22)28(33)27-21(2)32-36-29(27)25-12-10-23(11-13-25)24-14-16-26(17-15-24)31(18-19-31)30(34)35/h3-7,10-17,20,28,33H,8-9,18-19H2,1-2H3,(H,34,35). The first kappa shape index (κ1) is 24.0. The van der Waals surface area contributed by atoms with E-state index in [1.165, 1.54) is 5.56 Å². The molecular formula is C31H31NO4. The summed E-state index contributed by atoms with van der Waals surface area (Å²) < 4.78 is 5.68. The predicted octanol–water partition coefficient (Wildman–Crippen LogP) is 6.74. The van der Waals surface area contributed by atoms with Crippen molar-refractivity contribution in [2.75, 3.05) is 0 Å². The van der Waals surface area contributed by atoms with Gasteiger partial charge in [0.15, 0.2) is 5.76 Å². The summed E-state index contributed by atoms with van der Waals surface area (Å²) in [4.78, 5) is 11.6. The van der Waals surface area contributed by atoms with Crippen molar-refractivity contribution < 1.29 is 19.5 Å². The number of hydrogen-bond donors (Lipinski definition) is 2. The lowest BCUT2D eigenvalue weighted by Gasteiger charge is -2.19. The van der Waals surface area contributed by atoms with Gasteiger partial charge in [0, 0.05) is 5.56 Å². The molecular weight excluding hydrogens is 450 g/mol. The Kier molecular flexibility index (Phi) is 6.50. The minimum absolute atomic E-state index is 0.0420. The molecule has 2 unspecified atom stereocenters. The maximum Gasteiger partial charge on any atom is 0.314 e. The second-order valence-corrected chi connectivity index (χ2v) is 10.00. The SMILES string of the molecule is Cc1noc(-c2ccc(-c3ccc(C4(C(=O)O)CC4)cc3)cc2)c1C(O)C(C)CCc1ccccc1. The van der Waals surface area contributed by atoms with Crippen LogP contribution in [0, 0.1) is 12.8 Å². The van der Waals surface area contributed by atoms with Gasteiger partial charge in [-0.25, -0.2) is 0 Å². The van der Waals surface area contributed by atoms with E-state index in [2.05, 4.69) is 24.2 Å². The lowest BCUT2D eigenvalue weighted by Crippen LogP contribution is -2.19. The molecule has 4 aromatic rings. The summed E-state index contributed by atoms with van der Waals surface area (Å²) in [6.45, 7) is 3.93. The van der Waals surface area contributed by atoms with Gasteiger partial charge in [-0.05, 0) is 60.8 Å². The molecule has 1 aliphatic carbocycles. The molecule has 3 aromatic carbocycles. The molecule has 2 atom stereocenters.